The van der Waals surface area contributed by atoms with Gasteiger partial charge in [-0.25, -0.2) is 9.50 Å². The Balaban J connectivity index is 2.16. The number of aliphatic carboxylic acids is 1. The van der Waals surface area contributed by atoms with E-state index >= 15 is 0 Å². The van der Waals surface area contributed by atoms with E-state index in [1.807, 2.05) is 25.3 Å². The minimum absolute atomic E-state index is 0.436. The molecule has 1 fully saturated rings. The number of fused-ring (bicyclic) bond motifs is 1. The Bertz CT molecular complexity index is 584. The van der Waals surface area contributed by atoms with Gasteiger partial charge in [0.05, 0.1) is 0 Å². The lowest BCUT2D eigenvalue weighted by atomic mass is 10.1. The second-order valence-corrected chi connectivity index (χ2v) is 4.33. The Labute approximate surface area is 91.7 Å². The number of hydrogen-bond donors (Lipinski definition) is 1. The number of carboxylic acids is 1. The van der Waals surface area contributed by atoms with Crippen LogP contribution in [0.2, 0.25) is 0 Å². The Kier molecular flexibility index (Phi) is 1.64. The molecule has 0 bridgehead atoms. The maximum absolute atomic E-state index is 11.1. The molecule has 5 heteroatoms. The first-order chi connectivity index (χ1) is 7.62. The maximum atomic E-state index is 11.1. The number of pyridine rings is 1. The normalized spacial score (nSPS) is 17.6. The SMILES string of the molecule is Cc1ccc2nc(C3(C(=O)O)CC3)nn2c1. The van der Waals surface area contributed by atoms with Crippen molar-refractivity contribution < 1.29 is 9.90 Å². The monoisotopic (exact) mass is 217 g/mol. The summed E-state index contributed by atoms with van der Waals surface area (Å²) in [5.41, 5.74) is 0.956. The zero-order valence-corrected chi connectivity index (χ0v) is 8.84. The van der Waals surface area contributed by atoms with E-state index in [0.717, 1.165) is 5.56 Å². The predicted molar refractivity (Wildman–Crippen MR) is 56.3 cm³/mol. The molecule has 0 aromatic carbocycles. The first-order valence-electron chi connectivity index (χ1n) is 5.19. The zero-order chi connectivity index (χ0) is 11.3. The van der Waals surface area contributed by atoms with Gasteiger partial charge in [0.15, 0.2) is 11.5 Å². The van der Waals surface area contributed by atoms with E-state index in [0.29, 0.717) is 24.3 Å². The summed E-state index contributed by atoms with van der Waals surface area (Å²) < 4.78 is 1.65. The lowest BCUT2D eigenvalue weighted by Gasteiger charge is -2.01. The molecular weight excluding hydrogens is 206 g/mol. The lowest BCUT2D eigenvalue weighted by molar-refractivity contribution is -0.140. The van der Waals surface area contributed by atoms with Gasteiger partial charge in [-0.1, -0.05) is 6.07 Å². The topological polar surface area (TPSA) is 67.5 Å². The first kappa shape index (κ1) is 9.33. The zero-order valence-electron chi connectivity index (χ0n) is 8.84. The van der Waals surface area contributed by atoms with Gasteiger partial charge in [0, 0.05) is 6.20 Å². The highest BCUT2D eigenvalue weighted by Gasteiger charge is 2.55. The molecule has 16 heavy (non-hydrogen) atoms. The quantitative estimate of drug-likeness (QED) is 0.819. The van der Waals surface area contributed by atoms with Gasteiger partial charge in [0.25, 0.3) is 0 Å². The van der Waals surface area contributed by atoms with E-state index in [4.69, 9.17) is 5.11 Å². The molecule has 1 saturated carbocycles. The van der Waals surface area contributed by atoms with Crippen LogP contribution in [0.15, 0.2) is 18.3 Å². The van der Waals surface area contributed by atoms with E-state index in [2.05, 4.69) is 10.1 Å². The highest BCUT2D eigenvalue weighted by Crippen LogP contribution is 2.46. The molecule has 0 aliphatic heterocycles. The molecular formula is C11H11N3O2. The molecule has 5 nitrogen and oxygen atoms in total. The Morgan fingerprint density at radius 2 is 2.25 bits per heavy atom. The van der Waals surface area contributed by atoms with E-state index < -0.39 is 11.4 Å². The summed E-state index contributed by atoms with van der Waals surface area (Å²) in [5, 5.41) is 13.4. The van der Waals surface area contributed by atoms with Gasteiger partial charge in [0.2, 0.25) is 0 Å². The Morgan fingerprint density at radius 1 is 1.50 bits per heavy atom. The van der Waals surface area contributed by atoms with Crippen molar-refractivity contribution in [1.29, 1.82) is 0 Å². The summed E-state index contributed by atoms with van der Waals surface area (Å²) in [6.45, 7) is 1.96. The molecule has 1 aliphatic rings. The molecule has 0 amide bonds. The first-order valence-corrected chi connectivity index (χ1v) is 5.19. The van der Waals surface area contributed by atoms with Crippen molar-refractivity contribution in [2.75, 3.05) is 0 Å². The van der Waals surface area contributed by atoms with Gasteiger partial charge in [-0.3, -0.25) is 4.79 Å². The molecule has 1 N–H and O–H groups in total. The van der Waals surface area contributed by atoms with E-state index in [9.17, 15) is 4.79 Å². The van der Waals surface area contributed by atoms with Crippen LogP contribution in [0, 0.1) is 6.92 Å². The largest absolute Gasteiger partial charge is 0.480 e. The average Bonchev–Trinajstić information content (AvgIpc) is 2.94. The van der Waals surface area contributed by atoms with Gasteiger partial charge >= 0.3 is 5.97 Å². The van der Waals surface area contributed by atoms with Crippen molar-refractivity contribution in [3.63, 3.8) is 0 Å². The fourth-order valence-corrected chi connectivity index (χ4v) is 1.85. The number of rotatable bonds is 2. The predicted octanol–water partition coefficient (Wildman–Crippen LogP) is 1.15. The molecule has 1 aliphatic carbocycles. The highest BCUT2D eigenvalue weighted by atomic mass is 16.4. The summed E-state index contributed by atoms with van der Waals surface area (Å²) in [5.74, 6) is -0.384. The fourth-order valence-electron chi connectivity index (χ4n) is 1.85. The van der Waals surface area contributed by atoms with Crippen molar-refractivity contribution in [1.82, 2.24) is 14.6 Å². The van der Waals surface area contributed by atoms with E-state index in [1.54, 1.807) is 4.52 Å². The minimum atomic E-state index is -0.820. The third-order valence-corrected chi connectivity index (χ3v) is 3.07. The van der Waals surface area contributed by atoms with Crippen LogP contribution >= 0.6 is 0 Å². The second kappa shape index (κ2) is 2.81. The van der Waals surface area contributed by atoms with Crippen molar-refractivity contribution in [3.05, 3.63) is 29.7 Å². The second-order valence-electron chi connectivity index (χ2n) is 4.33. The molecule has 0 saturated heterocycles. The lowest BCUT2D eigenvalue weighted by Crippen LogP contribution is -2.21. The van der Waals surface area contributed by atoms with Crippen molar-refractivity contribution in [3.8, 4) is 0 Å². The molecule has 0 unspecified atom stereocenters. The number of carboxylic acid groups (broad SMARTS) is 1. The van der Waals surface area contributed by atoms with Crippen LogP contribution in [0.3, 0.4) is 0 Å². The number of carbonyl (C=O) groups is 1. The van der Waals surface area contributed by atoms with Gasteiger partial charge in [-0.05, 0) is 31.4 Å². The third kappa shape index (κ3) is 1.14. The summed E-state index contributed by atoms with van der Waals surface area (Å²) in [7, 11) is 0. The number of aromatic nitrogens is 3. The molecule has 0 atom stereocenters. The fraction of sp³-hybridized carbons (Fsp3) is 0.364. The van der Waals surface area contributed by atoms with Crippen LogP contribution in [-0.4, -0.2) is 25.7 Å². The van der Waals surface area contributed by atoms with Gasteiger partial charge in [0.1, 0.15) is 5.41 Å². The van der Waals surface area contributed by atoms with Crippen LogP contribution in [0.4, 0.5) is 0 Å². The van der Waals surface area contributed by atoms with Crippen LogP contribution in [0.1, 0.15) is 24.2 Å². The van der Waals surface area contributed by atoms with Crippen LogP contribution in [-0.2, 0) is 10.2 Å². The molecule has 0 radical (unpaired) electrons. The van der Waals surface area contributed by atoms with Crippen LogP contribution < -0.4 is 0 Å². The number of hydrogen-bond acceptors (Lipinski definition) is 3. The van der Waals surface area contributed by atoms with Gasteiger partial charge in [-0.2, -0.15) is 5.10 Å². The molecule has 3 rings (SSSR count). The van der Waals surface area contributed by atoms with E-state index in [-0.39, 0.29) is 0 Å². The molecule has 0 spiro atoms. The molecule has 2 aromatic rings. The molecule has 2 aromatic heterocycles. The van der Waals surface area contributed by atoms with Crippen molar-refractivity contribution >= 4 is 11.6 Å². The standard InChI is InChI=1S/C11H11N3O2/c1-7-2-3-8-12-9(13-14(8)6-7)11(4-5-11)10(15)16/h2-3,6H,4-5H2,1H3,(H,15,16). The summed E-state index contributed by atoms with van der Waals surface area (Å²) in [4.78, 5) is 15.4. The van der Waals surface area contributed by atoms with Crippen molar-refractivity contribution in [2.45, 2.75) is 25.2 Å². The minimum Gasteiger partial charge on any atom is -0.480 e. The number of nitrogens with zero attached hydrogens (tertiary/aromatic N) is 3. The van der Waals surface area contributed by atoms with Gasteiger partial charge in [-0.15, -0.1) is 0 Å². The smallest absolute Gasteiger partial charge is 0.317 e. The highest BCUT2D eigenvalue weighted by molar-refractivity contribution is 5.83. The Hall–Kier alpha value is -1.91. The van der Waals surface area contributed by atoms with E-state index in [1.165, 1.54) is 0 Å². The van der Waals surface area contributed by atoms with Crippen LogP contribution in [0.5, 0.6) is 0 Å². The Morgan fingerprint density at radius 3 is 2.88 bits per heavy atom. The number of aryl methyl sites for hydroxylation is 1. The molecule has 82 valence electrons. The molecule has 2 heterocycles. The van der Waals surface area contributed by atoms with Crippen molar-refractivity contribution in [2.24, 2.45) is 0 Å². The van der Waals surface area contributed by atoms with Gasteiger partial charge < -0.3 is 5.11 Å². The summed E-state index contributed by atoms with van der Waals surface area (Å²) >= 11 is 0. The maximum Gasteiger partial charge on any atom is 0.317 e. The summed E-state index contributed by atoms with van der Waals surface area (Å²) in [6.07, 6.45) is 3.13. The average molecular weight is 217 g/mol. The summed E-state index contributed by atoms with van der Waals surface area (Å²) in [6, 6.07) is 3.79. The third-order valence-electron chi connectivity index (χ3n) is 3.07. The van der Waals surface area contributed by atoms with Crippen LogP contribution in [0.25, 0.3) is 5.65 Å².